The van der Waals surface area contributed by atoms with Gasteiger partial charge in [-0.2, -0.15) is 0 Å². The Balaban J connectivity index is 2.06. The summed E-state index contributed by atoms with van der Waals surface area (Å²) in [7, 11) is 5.11. The SMILES string of the molecule is COC(=O)C1=C(C)N(c2ccc([N+](=O)[O-])cc2)C(=O)/C1=C\c1ccc(N(C)C)cc1. The van der Waals surface area contributed by atoms with Gasteiger partial charge in [0.25, 0.3) is 11.6 Å². The van der Waals surface area contributed by atoms with Gasteiger partial charge in [-0.25, -0.2) is 4.79 Å². The van der Waals surface area contributed by atoms with Crippen molar-refractivity contribution in [1.82, 2.24) is 0 Å². The molecule has 0 atom stereocenters. The molecule has 0 spiro atoms. The summed E-state index contributed by atoms with van der Waals surface area (Å²) >= 11 is 0. The number of ether oxygens (including phenoxy) is 1. The molecule has 0 aromatic heterocycles. The summed E-state index contributed by atoms with van der Waals surface area (Å²) in [4.78, 5) is 39.4. The quantitative estimate of drug-likeness (QED) is 0.326. The minimum Gasteiger partial charge on any atom is -0.465 e. The van der Waals surface area contributed by atoms with Crippen molar-refractivity contribution in [3.63, 3.8) is 0 Å². The Bertz CT molecular complexity index is 1070. The summed E-state index contributed by atoms with van der Waals surface area (Å²) in [5.74, 6) is -1.03. The maximum absolute atomic E-state index is 13.2. The summed E-state index contributed by atoms with van der Waals surface area (Å²) in [6, 6.07) is 13.1. The average Bonchev–Trinajstić information content (AvgIpc) is 2.97. The van der Waals surface area contributed by atoms with E-state index in [2.05, 4.69) is 0 Å². The fourth-order valence-electron chi connectivity index (χ4n) is 3.25. The van der Waals surface area contributed by atoms with Crippen molar-refractivity contribution >= 4 is 35.0 Å². The van der Waals surface area contributed by atoms with Crippen LogP contribution < -0.4 is 9.80 Å². The van der Waals surface area contributed by atoms with Crippen LogP contribution in [0.4, 0.5) is 17.1 Å². The Morgan fingerprint density at radius 3 is 2.20 bits per heavy atom. The number of nitro groups is 1. The summed E-state index contributed by atoms with van der Waals surface area (Å²) in [5, 5.41) is 10.9. The molecule has 3 rings (SSSR count). The Morgan fingerprint density at radius 1 is 1.10 bits per heavy atom. The number of hydrogen-bond donors (Lipinski definition) is 0. The molecule has 8 heteroatoms. The number of non-ortho nitro benzene ring substituents is 1. The van der Waals surface area contributed by atoms with Gasteiger partial charge >= 0.3 is 5.97 Å². The van der Waals surface area contributed by atoms with Crippen molar-refractivity contribution in [2.75, 3.05) is 31.0 Å². The van der Waals surface area contributed by atoms with E-state index in [9.17, 15) is 19.7 Å². The Morgan fingerprint density at radius 2 is 1.70 bits per heavy atom. The first-order valence-corrected chi connectivity index (χ1v) is 9.12. The van der Waals surface area contributed by atoms with E-state index in [4.69, 9.17) is 4.74 Å². The van der Waals surface area contributed by atoms with Crippen LogP contribution in [-0.4, -0.2) is 38.0 Å². The highest BCUT2D eigenvalue weighted by Crippen LogP contribution is 2.36. The number of esters is 1. The lowest BCUT2D eigenvalue weighted by molar-refractivity contribution is -0.384. The third kappa shape index (κ3) is 3.80. The topological polar surface area (TPSA) is 93.0 Å². The molecular weight excluding hydrogens is 386 g/mol. The van der Waals surface area contributed by atoms with E-state index in [1.54, 1.807) is 13.0 Å². The lowest BCUT2D eigenvalue weighted by Gasteiger charge is -2.17. The molecule has 0 fully saturated rings. The zero-order chi connectivity index (χ0) is 22.0. The molecule has 0 saturated carbocycles. The van der Waals surface area contributed by atoms with Gasteiger partial charge in [-0.05, 0) is 42.8 Å². The van der Waals surface area contributed by atoms with Crippen LogP contribution >= 0.6 is 0 Å². The number of allylic oxidation sites excluding steroid dienone is 1. The molecule has 0 saturated heterocycles. The van der Waals surface area contributed by atoms with E-state index in [0.717, 1.165) is 11.3 Å². The number of amides is 1. The van der Waals surface area contributed by atoms with Gasteiger partial charge in [0, 0.05) is 43.3 Å². The molecule has 154 valence electrons. The number of rotatable bonds is 5. The van der Waals surface area contributed by atoms with Crippen molar-refractivity contribution < 1.29 is 19.2 Å². The Labute approximate surface area is 173 Å². The minimum absolute atomic E-state index is 0.0861. The fraction of sp³-hybridized carbons (Fsp3) is 0.182. The Kier molecular flexibility index (Phi) is 5.68. The number of carbonyl (C=O) groups excluding carboxylic acids is 2. The van der Waals surface area contributed by atoms with E-state index >= 15 is 0 Å². The van der Waals surface area contributed by atoms with Gasteiger partial charge in [-0.1, -0.05) is 12.1 Å². The van der Waals surface area contributed by atoms with Crippen molar-refractivity contribution in [2.45, 2.75) is 6.92 Å². The van der Waals surface area contributed by atoms with Crippen LogP contribution in [0.1, 0.15) is 12.5 Å². The third-order valence-corrected chi connectivity index (χ3v) is 4.83. The van der Waals surface area contributed by atoms with E-state index in [1.807, 2.05) is 43.3 Å². The zero-order valence-electron chi connectivity index (χ0n) is 17.1. The Hall–Kier alpha value is -3.94. The highest BCUT2D eigenvalue weighted by atomic mass is 16.6. The van der Waals surface area contributed by atoms with Crippen LogP contribution in [0.3, 0.4) is 0 Å². The second kappa shape index (κ2) is 8.20. The highest BCUT2D eigenvalue weighted by Gasteiger charge is 2.38. The molecule has 0 N–H and O–H groups in total. The van der Waals surface area contributed by atoms with Crippen LogP contribution in [0.15, 0.2) is 65.4 Å². The van der Waals surface area contributed by atoms with E-state index in [-0.39, 0.29) is 16.8 Å². The van der Waals surface area contributed by atoms with Crippen LogP contribution in [-0.2, 0) is 14.3 Å². The van der Waals surface area contributed by atoms with E-state index in [0.29, 0.717) is 11.4 Å². The maximum atomic E-state index is 13.2. The van der Waals surface area contributed by atoms with Crippen LogP contribution in [0.5, 0.6) is 0 Å². The molecule has 1 amide bonds. The highest BCUT2D eigenvalue weighted by molar-refractivity contribution is 6.23. The van der Waals surface area contributed by atoms with Gasteiger partial charge in [0.15, 0.2) is 0 Å². The monoisotopic (exact) mass is 407 g/mol. The molecule has 0 unspecified atom stereocenters. The van der Waals surface area contributed by atoms with E-state index in [1.165, 1.54) is 36.3 Å². The molecule has 0 aliphatic carbocycles. The minimum atomic E-state index is -0.624. The molecule has 1 heterocycles. The molecule has 1 aliphatic rings. The van der Waals surface area contributed by atoms with Gasteiger partial charge in [0.1, 0.15) is 0 Å². The second-order valence-corrected chi connectivity index (χ2v) is 6.91. The number of methoxy groups -OCH3 is 1. The third-order valence-electron chi connectivity index (χ3n) is 4.83. The molecule has 0 radical (unpaired) electrons. The summed E-state index contributed by atoms with van der Waals surface area (Å²) < 4.78 is 4.89. The summed E-state index contributed by atoms with van der Waals surface area (Å²) in [6.45, 7) is 1.64. The molecule has 8 nitrogen and oxygen atoms in total. The van der Waals surface area contributed by atoms with Gasteiger partial charge < -0.3 is 9.64 Å². The standard InChI is InChI=1S/C22H21N3O5/c1-14-20(22(27)30-4)19(13-15-5-7-16(8-6-15)23(2)3)21(26)24(14)17-9-11-18(12-10-17)25(28)29/h5-13H,1-4H3/b19-13-. The fourth-order valence-corrected chi connectivity index (χ4v) is 3.25. The lowest BCUT2D eigenvalue weighted by atomic mass is 10.0. The van der Waals surface area contributed by atoms with Gasteiger partial charge in [0.2, 0.25) is 0 Å². The number of benzene rings is 2. The smallest absolute Gasteiger partial charge is 0.340 e. The molecule has 1 aliphatic heterocycles. The zero-order valence-corrected chi connectivity index (χ0v) is 17.1. The van der Waals surface area contributed by atoms with Crippen molar-refractivity contribution in [3.8, 4) is 0 Å². The van der Waals surface area contributed by atoms with Gasteiger partial charge in [-0.15, -0.1) is 0 Å². The number of carbonyl (C=O) groups is 2. The number of nitrogens with zero attached hydrogens (tertiary/aromatic N) is 3. The predicted molar refractivity (Wildman–Crippen MR) is 114 cm³/mol. The normalized spacial score (nSPS) is 15.0. The van der Waals surface area contributed by atoms with Gasteiger partial charge in [0.05, 0.1) is 23.2 Å². The van der Waals surface area contributed by atoms with Crippen molar-refractivity contribution in [3.05, 3.63) is 81.1 Å². The van der Waals surface area contributed by atoms with Crippen LogP contribution in [0.25, 0.3) is 6.08 Å². The lowest BCUT2D eigenvalue weighted by Crippen LogP contribution is -2.24. The number of hydrogen-bond acceptors (Lipinski definition) is 6. The first-order valence-electron chi connectivity index (χ1n) is 9.12. The van der Waals surface area contributed by atoms with E-state index < -0.39 is 16.8 Å². The van der Waals surface area contributed by atoms with Crippen molar-refractivity contribution in [2.24, 2.45) is 0 Å². The van der Waals surface area contributed by atoms with Crippen LogP contribution in [0.2, 0.25) is 0 Å². The molecule has 2 aromatic carbocycles. The maximum Gasteiger partial charge on any atom is 0.340 e. The molecule has 2 aromatic rings. The molecule has 30 heavy (non-hydrogen) atoms. The van der Waals surface area contributed by atoms with Crippen LogP contribution in [0, 0.1) is 10.1 Å². The predicted octanol–water partition coefficient (Wildman–Crippen LogP) is 3.54. The summed E-state index contributed by atoms with van der Waals surface area (Å²) in [5.41, 5.74) is 2.86. The second-order valence-electron chi connectivity index (χ2n) is 6.91. The van der Waals surface area contributed by atoms with Crippen molar-refractivity contribution in [1.29, 1.82) is 0 Å². The summed E-state index contributed by atoms with van der Waals surface area (Å²) in [6.07, 6.45) is 1.64. The average molecular weight is 407 g/mol. The number of nitro benzene ring substituents is 1. The molecule has 0 bridgehead atoms. The largest absolute Gasteiger partial charge is 0.465 e. The first-order chi connectivity index (χ1) is 14.2. The first kappa shape index (κ1) is 20.8. The van der Waals surface area contributed by atoms with Gasteiger partial charge in [-0.3, -0.25) is 19.8 Å². The number of anilines is 2. The molecular formula is C22H21N3O5.